The summed E-state index contributed by atoms with van der Waals surface area (Å²) in [6, 6.07) is 8.52. The molecule has 13 nitrogen and oxygen atoms in total. The zero-order valence-electron chi connectivity index (χ0n) is 30.8. The molecule has 0 N–H and O–H groups in total. The molecule has 56 heavy (non-hydrogen) atoms. The zero-order chi connectivity index (χ0) is 40.6. The summed E-state index contributed by atoms with van der Waals surface area (Å²) in [5.74, 6) is -2.02. The standard InChI is InChI=1S/C38H42Cl2F2N2O11S/c1-38(2,3)55-35(46)18-44(56(48)49)29-12-24(8-10-30(29)50-19-22-4-5-22)13-34(45)52-21-36(47)53-32(15-26-27(39)16-43-17-28(26)40)25-9-11-31(54-37(41)42)33(14-25)51-20-23-6-7-23/h8-12,14,16-17,22-23,32,37H,4-7,13,15,18-21H2,1-3H3,(H,48,49)/p-1/t32-/m0/s1. The van der Waals surface area contributed by atoms with E-state index in [0.29, 0.717) is 29.2 Å². The first-order valence-corrected chi connectivity index (χ1v) is 19.5. The molecule has 0 amide bonds. The lowest BCUT2D eigenvalue weighted by molar-refractivity contribution is -0.162. The van der Waals surface area contributed by atoms with Crippen LogP contribution in [0.3, 0.4) is 0 Å². The third-order valence-corrected chi connectivity index (χ3v) is 9.72. The van der Waals surface area contributed by atoms with Crippen molar-refractivity contribution >= 4 is 58.1 Å². The van der Waals surface area contributed by atoms with Crippen LogP contribution in [0, 0.1) is 11.8 Å². The molecule has 0 bridgehead atoms. The Bertz CT molecular complexity index is 1890. The van der Waals surface area contributed by atoms with Crippen LogP contribution in [0.1, 0.15) is 69.2 Å². The summed E-state index contributed by atoms with van der Waals surface area (Å²) in [4.78, 5) is 42.8. The van der Waals surface area contributed by atoms with Crippen LogP contribution in [0.4, 0.5) is 14.5 Å². The van der Waals surface area contributed by atoms with E-state index in [4.69, 9.17) is 46.9 Å². The molecule has 2 atom stereocenters. The molecule has 0 spiro atoms. The van der Waals surface area contributed by atoms with Crippen molar-refractivity contribution in [3.8, 4) is 17.2 Å². The fraction of sp³-hybridized carbons (Fsp3) is 0.474. The van der Waals surface area contributed by atoms with Gasteiger partial charge in [0.05, 0.1) is 35.4 Å². The van der Waals surface area contributed by atoms with E-state index in [1.54, 1.807) is 20.8 Å². The fourth-order valence-corrected chi connectivity index (χ4v) is 6.34. The van der Waals surface area contributed by atoms with Crippen LogP contribution >= 0.6 is 23.2 Å². The van der Waals surface area contributed by atoms with Gasteiger partial charge in [-0.15, -0.1) is 0 Å². The number of ether oxygens (including phenoxy) is 6. The number of esters is 3. The average molecular weight is 843 g/mol. The van der Waals surface area contributed by atoms with E-state index in [1.807, 2.05) is 0 Å². The van der Waals surface area contributed by atoms with E-state index >= 15 is 0 Å². The van der Waals surface area contributed by atoms with Crippen LogP contribution in [-0.4, -0.2) is 70.2 Å². The highest BCUT2D eigenvalue weighted by Crippen LogP contribution is 2.38. The van der Waals surface area contributed by atoms with Gasteiger partial charge in [-0.25, -0.2) is 4.79 Å². The Morgan fingerprint density at radius 3 is 2.12 bits per heavy atom. The molecule has 0 radical (unpaired) electrons. The van der Waals surface area contributed by atoms with Gasteiger partial charge in [-0.05, 0) is 99.2 Å². The van der Waals surface area contributed by atoms with E-state index < -0.39 is 67.1 Å². The molecule has 1 heterocycles. The van der Waals surface area contributed by atoms with E-state index in [2.05, 4.69) is 9.72 Å². The first-order valence-electron chi connectivity index (χ1n) is 17.7. The second-order valence-electron chi connectivity index (χ2n) is 14.3. The number of halogens is 4. The molecule has 1 unspecified atom stereocenters. The van der Waals surface area contributed by atoms with Crippen molar-refractivity contribution in [2.45, 2.75) is 77.6 Å². The number of aromatic nitrogens is 1. The molecule has 2 aromatic carbocycles. The van der Waals surface area contributed by atoms with Gasteiger partial charge in [0, 0.05) is 30.1 Å². The Morgan fingerprint density at radius 1 is 0.911 bits per heavy atom. The normalized spacial score (nSPS) is 15.1. The number of hydrogen-bond donors (Lipinski definition) is 0. The van der Waals surface area contributed by atoms with Crippen molar-refractivity contribution < 1.29 is 60.3 Å². The summed E-state index contributed by atoms with van der Waals surface area (Å²) < 4.78 is 84.5. The van der Waals surface area contributed by atoms with Gasteiger partial charge in [0.25, 0.3) is 0 Å². The number of carbonyl (C=O) groups excluding carboxylic acids is 3. The van der Waals surface area contributed by atoms with Crippen molar-refractivity contribution in [2.24, 2.45) is 11.8 Å². The number of pyridine rings is 1. The van der Waals surface area contributed by atoms with Gasteiger partial charge in [0.15, 0.2) is 18.1 Å². The smallest absolute Gasteiger partial charge is 0.387 e. The summed E-state index contributed by atoms with van der Waals surface area (Å²) >= 11 is 9.81. The van der Waals surface area contributed by atoms with Gasteiger partial charge in [-0.1, -0.05) is 35.3 Å². The first-order chi connectivity index (χ1) is 26.5. The van der Waals surface area contributed by atoms with E-state index in [-0.39, 0.29) is 51.9 Å². The minimum atomic E-state index is -3.11. The highest BCUT2D eigenvalue weighted by Gasteiger charge is 2.28. The number of rotatable bonds is 20. The molecule has 0 aliphatic heterocycles. The van der Waals surface area contributed by atoms with Crippen molar-refractivity contribution in [3.05, 3.63) is 75.5 Å². The monoisotopic (exact) mass is 841 g/mol. The Hall–Kier alpha value is -4.25. The van der Waals surface area contributed by atoms with Crippen LogP contribution < -0.4 is 18.5 Å². The summed E-state index contributed by atoms with van der Waals surface area (Å²) in [5, 5.41) is 0.364. The minimum absolute atomic E-state index is 0.0104. The van der Waals surface area contributed by atoms with Gasteiger partial charge in [0.2, 0.25) is 0 Å². The maximum absolute atomic E-state index is 13.2. The molecule has 2 saturated carbocycles. The zero-order valence-corrected chi connectivity index (χ0v) is 33.1. The molecular formula is C38H41Cl2F2N2O11S-. The van der Waals surface area contributed by atoms with E-state index in [1.165, 1.54) is 48.8 Å². The third-order valence-electron chi connectivity index (χ3n) is 8.38. The summed E-state index contributed by atoms with van der Waals surface area (Å²) in [5.41, 5.74) is 0.140. The van der Waals surface area contributed by atoms with Crippen LogP contribution in [0.5, 0.6) is 17.2 Å². The number of anilines is 1. The Balaban J connectivity index is 1.30. The van der Waals surface area contributed by atoms with Gasteiger partial charge in [-0.2, -0.15) is 8.78 Å². The maximum Gasteiger partial charge on any atom is 0.387 e. The van der Waals surface area contributed by atoms with Crippen molar-refractivity contribution in [1.29, 1.82) is 0 Å². The summed E-state index contributed by atoms with van der Waals surface area (Å²) in [7, 11) is 0. The number of carbonyl (C=O) groups is 3. The number of hydrogen-bond acceptors (Lipinski definition) is 12. The number of nitrogens with zero attached hydrogens (tertiary/aromatic N) is 2. The van der Waals surface area contributed by atoms with Crippen LogP contribution in [0.2, 0.25) is 10.0 Å². The molecule has 3 aromatic rings. The predicted molar refractivity (Wildman–Crippen MR) is 200 cm³/mol. The minimum Gasteiger partial charge on any atom is -0.755 e. The van der Waals surface area contributed by atoms with Gasteiger partial charge in [0.1, 0.15) is 24.0 Å². The second-order valence-corrected chi connectivity index (χ2v) is 16.0. The van der Waals surface area contributed by atoms with Crippen LogP contribution in [0.25, 0.3) is 0 Å². The van der Waals surface area contributed by atoms with Gasteiger partial charge < -0.3 is 33.0 Å². The Labute approximate surface area is 335 Å². The number of alkyl halides is 2. The molecule has 2 aliphatic rings. The van der Waals surface area contributed by atoms with E-state index in [0.717, 1.165) is 30.0 Å². The lowest BCUT2D eigenvalue weighted by Gasteiger charge is -2.29. The predicted octanol–water partition coefficient (Wildman–Crippen LogP) is 7.12. The van der Waals surface area contributed by atoms with Gasteiger partial charge >= 0.3 is 24.5 Å². The van der Waals surface area contributed by atoms with Crippen molar-refractivity contribution in [3.63, 3.8) is 0 Å². The first kappa shape index (κ1) is 42.9. The largest absolute Gasteiger partial charge is 0.755 e. The van der Waals surface area contributed by atoms with Gasteiger partial charge in [-0.3, -0.25) is 23.1 Å². The van der Waals surface area contributed by atoms with Crippen molar-refractivity contribution in [1.82, 2.24) is 4.98 Å². The third kappa shape index (κ3) is 13.5. The molecular weight excluding hydrogens is 801 g/mol. The van der Waals surface area contributed by atoms with Crippen LogP contribution in [0.15, 0.2) is 48.8 Å². The maximum atomic E-state index is 13.2. The average Bonchev–Trinajstić information content (AvgIpc) is 4.05. The molecule has 18 heteroatoms. The topological polar surface area (TPSA) is 163 Å². The molecule has 304 valence electrons. The lowest BCUT2D eigenvalue weighted by atomic mass is 10.0. The quantitative estimate of drug-likeness (QED) is 0.0644. The SMILES string of the molecule is CC(C)(C)OC(=O)CN(c1cc(CC(=O)OCC(=O)O[C@@H](Cc2c(Cl)cncc2Cl)c2ccc(OC(F)F)c(OCC3CC3)c2)ccc1OCC1CC1)S(=O)[O-]. The molecule has 5 rings (SSSR count). The molecule has 0 saturated heterocycles. The second kappa shape index (κ2) is 19.3. The lowest BCUT2D eigenvalue weighted by Crippen LogP contribution is -2.36. The van der Waals surface area contributed by atoms with Crippen molar-refractivity contribution in [2.75, 3.05) is 30.7 Å². The Morgan fingerprint density at radius 2 is 1.54 bits per heavy atom. The van der Waals surface area contributed by atoms with E-state index in [9.17, 15) is 31.9 Å². The van der Waals surface area contributed by atoms with Crippen LogP contribution in [-0.2, 0) is 52.7 Å². The highest BCUT2D eigenvalue weighted by molar-refractivity contribution is 7.80. The highest BCUT2D eigenvalue weighted by atomic mass is 35.5. The molecule has 2 aliphatic carbocycles. The summed E-state index contributed by atoms with van der Waals surface area (Å²) in [6.07, 6.45) is 4.96. The molecule has 2 fully saturated rings. The summed E-state index contributed by atoms with van der Waals surface area (Å²) in [6.45, 7) is 0.971. The Kier molecular flexibility index (Phi) is 14.8. The molecule has 1 aromatic heterocycles. The number of benzene rings is 2. The fourth-order valence-electron chi connectivity index (χ4n) is 5.31.